The molecule has 0 heterocycles. The Morgan fingerprint density at radius 2 is 1.55 bits per heavy atom. The van der Waals surface area contributed by atoms with Crippen LogP contribution in [0.2, 0.25) is 0 Å². The molecule has 0 saturated carbocycles. The molecule has 0 aliphatic rings. The summed E-state index contributed by atoms with van der Waals surface area (Å²) in [5, 5.41) is 3.56. The highest BCUT2D eigenvalue weighted by molar-refractivity contribution is 7.98. The molecule has 0 saturated heterocycles. The lowest BCUT2D eigenvalue weighted by Gasteiger charge is -2.21. The van der Waals surface area contributed by atoms with E-state index >= 15 is 0 Å². The van der Waals surface area contributed by atoms with Gasteiger partial charge in [0.2, 0.25) is 0 Å². The van der Waals surface area contributed by atoms with Crippen LogP contribution < -0.4 is 5.32 Å². The molecule has 0 unspecified atom stereocenters. The molecule has 2 heteroatoms. The molecular formula is C18H23NS. The van der Waals surface area contributed by atoms with Gasteiger partial charge >= 0.3 is 0 Å². The lowest BCUT2D eigenvalue weighted by atomic mass is 10.1. The molecule has 1 N–H and O–H groups in total. The Kier molecular flexibility index (Phi) is 5.27. The summed E-state index contributed by atoms with van der Waals surface area (Å²) < 4.78 is 0. The van der Waals surface area contributed by atoms with E-state index < -0.39 is 0 Å². The fraction of sp³-hybridized carbons (Fsp3) is 0.333. The van der Waals surface area contributed by atoms with Crippen molar-refractivity contribution in [2.24, 2.45) is 0 Å². The molecule has 1 nitrogen and oxygen atoms in total. The zero-order valence-electron chi connectivity index (χ0n) is 12.5. The molecule has 0 fully saturated rings. The first kappa shape index (κ1) is 15.1. The quantitative estimate of drug-likeness (QED) is 0.787. The second kappa shape index (κ2) is 6.96. The third-order valence-electron chi connectivity index (χ3n) is 3.02. The first-order valence-electron chi connectivity index (χ1n) is 7.04. The summed E-state index contributed by atoms with van der Waals surface area (Å²) in [7, 11) is 0. The zero-order chi connectivity index (χ0) is 14.4. The van der Waals surface area contributed by atoms with E-state index in [1.54, 1.807) is 0 Å². The van der Waals surface area contributed by atoms with Crippen molar-refractivity contribution in [3.8, 4) is 0 Å². The van der Waals surface area contributed by atoms with Crippen LogP contribution in [0.4, 0.5) is 0 Å². The lowest BCUT2D eigenvalue weighted by molar-refractivity contribution is 0.422. The van der Waals surface area contributed by atoms with Gasteiger partial charge in [-0.1, -0.05) is 48.5 Å². The summed E-state index contributed by atoms with van der Waals surface area (Å²) in [6.45, 7) is 7.52. The number of hydrogen-bond acceptors (Lipinski definition) is 2. The van der Waals surface area contributed by atoms with Crippen molar-refractivity contribution < 1.29 is 0 Å². The van der Waals surface area contributed by atoms with Gasteiger partial charge in [0.1, 0.15) is 0 Å². The molecule has 0 aliphatic carbocycles. The summed E-state index contributed by atoms with van der Waals surface area (Å²) in [5.74, 6) is 1.02. The van der Waals surface area contributed by atoms with Crippen molar-refractivity contribution in [2.75, 3.05) is 0 Å². The highest BCUT2D eigenvalue weighted by atomic mass is 32.2. The van der Waals surface area contributed by atoms with Gasteiger partial charge in [-0.05, 0) is 38.0 Å². The highest BCUT2D eigenvalue weighted by Gasteiger charge is 2.10. The van der Waals surface area contributed by atoms with Crippen LogP contribution in [0, 0.1) is 0 Å². The van der Waals surface area contributed by atoms with Crippen LogP contribution >= 0.6 is 11.8 Å². The molecule has 0 aliphatic heterocycles. The Morgan fingerprint density at radius 1 is 0.900 bits per heavy atom. The first-order chi connectivity index (χ1) is 9.54. The summed E-state index contributed by atoms with van der Waals surface area (Å²) >= 11 is 1.91. The van der Waals surface area contributed by atoms with Crippen LogP contribution in [0.25, 0.3) is 0 Å². The van der Waals surface area contributed by atoms with E-state index in [9.17, 15) is 0 Å². The van der Waals surface area contributed by atoms with Crippen LogP contribution in [0.5, 0.6) is 0 Å². The minimum Gasteiger partial charge on any atom is -0.308 e. The Bertz CT molecular complexity index is 529. The molecule has 0 amide bonds. The van der Waals surface area contributed by atoms with Crippen LogP contribution in [0.15, 0.2) is 59.5 Å². The average molecular weight is 285 g/mol. The molecule has 2 rings (SSSR count). The molecule has 106 valence electrons. The van der Waals surface area contributed by atoms with Crippen LogP contribution in [0.1, 0.15) is 31.9 Å². The van der Waals surface area contributed by atoms with Gasteiger partial charge in [-0.25, -0.2) is 0 Å². The maximum atomic E-state index is 3.56. The predicted octanol–water partition coefficient (Wildman–Crippen LogP) is 4.87. The topological polar surface area (TPSA) is 12.0 Å². The molecule has 0 atom stereocenters. The van der Waals surface area contributed by atoms with Crippen molar-refractivity contribution >= 4 is 11.8 Å². The van der Waals surface area contributed by atoms with E-state index in [0.717, 1.165) is 12.3 Å². The molecule has 0 aromatic heterocycles. The van der Waals surface area contributed by atoms with Crippen molar-refractivity contribution in [1.29, 1.82) is 0 Å². The molecule has 2 aromatic carbocycles. The zero-order valence-corrected chi connectivity index (χ0v) is 13.3. The van der Waals surface area contributed by atoms with E-state index in [1.807, 2.05) is 11.8 Å². The van der Waals surface area contributed by atoms with Crippen molar-refractivity contribution in [3.63, 3.8) is 0 Å². The van der Waals surface area contributed by atoms with Gasteiger partial charge in [-0.3, -0.25) is 0 Å². The van der Waals surface area contributed by atoms with Gasteiger partial charge in [0.05, 0.1) is 0 Å². The van der Waals surface area contributed by atoms with Crippen molar-refractivity contribution in [1.82, 2.24) is 5.32 Å². The maximum Gasteiger partial charge on any atom is 0.0232 e. The van der Waals surface area contributed by atoms with E-state index in [2.05, 4.69) is 80.7 Å². The molecule has 20 heavy (non-hydrogen) atoms. The second-order valence-electron chi connectivity index (χ2n) is 5.99. The summed E-state index contributed by atoms with van der Waals surface area (Å²) in [6, 6.07) is 19.3. The molecule has 0 spiro atoms. The number of hydrogen-bond donors (Lipinski definition) is 1. The largest absolute Gasteiger partial charge is 0.308 e. The SMILES string of the molecule is CC(C)(C)NCc1ccccc1SCc1ccccc1. The fourth-order valence-electron chi connectivity index (χ4n) is 1.89. The minimum atomic E-state index is 0.150. The molecular weight excluding hydrogens is 262 g/mol. The van der Waals surface area contributed by atoms with Gasteiger partial charge in [-0.2, -0.15) is 0 Å². The van der Waals surface area contributed by atoms with Crippen LogP contribution in [0.3, 0.4) is 0 Å². The Labute approximate surface area is 126 Å². The van der Waals surface area contributed by atoms with Crippen molar-refractivity contribution in [2.45, 2.75) is 43.5 Å². The molecule has 0 radical (unpaired) electrons. The van der Waals surface area contributed by atoms with Gasteiger partial charge in [0.15, 0.2) is 0 Å². The maximum absolute atomic E-state index is 3.56. The van der Waals surface area contributed by atoms with Gasteiger partial charge < -0.3 is 5.32 Å². The summed E-state index contributed by atoms with van der Waals surface area (Å²) in [6.07, 6.45) is 0. The van der Waals surface area contributed by atoms with Gasteiger partial charge in [0, 0.05) is 22.7 Å². The van der Waals surface area contributed by atoms with Gasteiger partial charge in [0.25, 0.3) is 0 Å². The predicted molar refractivity (Wildman–Crippen MR) is 89.0 cm³/mol. The van der Waals surface area contributed by atoms with Gasteiger partial charge in [-0.15, -0.1) is 11.8 Å². The monoisotopic (exact) mass is 285 g/mol. The molecule has 2 aromatic rings. The average Bonchev–Trinajstić information content (AvgIpc) is 2.44. The third kappa shape index (κ3) is 5.03. The van der Waals surface area contributed by atoms with E-state index in [-0.39, 0.29) is 5.54 Å². The fourth-order valence-corrected chi connectivity index (χ4v) is 2.90. The molecule has 0 bridgehead atoms. The third-order valence-corrected chi connectivity index (χ3v) is 4.21. The van der Waals surface area contributed by atoms with E-state index in [1.165, 1.54) is 16.0 Å². The number of thioether (sulfide) groups is 1. The van der Waals surface area contributed by atoms with E-state index in [4.69, 9.17) is 0 Å². The summed E-state index contributed by atoms with van der Waals surface area (Å²) in [4.78, 5) is 1.37. The number of benzene rings is 2. The second-order valence-corrected chi connectivity index (χ2v) is 7.00. The van der Waals surface area contributed by atoms with Crippen LogP contribution in [-0.2, 0) is 12.3 Å². The van der Waals surface area contributed by atoms with Crippen LogP contribution in [-0.4, -0.2) is 5.54 Å². The smallest absolute Gasteiger partial charge is 0.0232 e. The summed E-state index contributed by atoms with van der Waals surface area (Å²) in [5.41, 5.74) is 2.90. The van der Waals surface area contributed by atoms with E-state index in [0.29, 0.717) is 0 Å². The van der Waals surface area contributed by atoms with Crippen molar-refractivity contribution in [3.05, 3.63) is 65.7 Å². The Hall–Kier alpha value is -1.25. The lowest BCUT2D eigenvalue weighted by Crippen LogP contribution is -2.35. The minimum absolute atomic E-state index is 0.150. The Balaban J connectivity index is 2.01. The number of rotatable bonds is 5. The normalized spacial score (nSPS) is 11.6. The highest BCUT2D eigenvalue weighted by Crippen LogP contribution is 2.26. The standard InChI is InChI=1S/C18H23NS/c1-18(2,3)19-13-16-11-7-8-12-17(16)20-14-15-9-5-4-6-10-15/h4-12,19H,13-14H2,1-3H3. The Morgan fingerprint density at radius 3 is 2.25 bits per heavy atom. The first-order valence-corrected chi connectivity index (χ1v) is 8.03. The number of nitrogens with one attached hydrogen (secondary N) is 1.